The molecule has 0 aliphatic carbocycles. The molecule has 2 unspecified atom stereocenters. The lowest BCUT2D eigenvalue weighted by Gasteiger charge is -2.39. The zero-order chi connectivity index (χ0) is 15.4. The van der Waals surface area contributed by atoms with E-state index in [-0.39, 0.29) is 6.04 Å². The van der Waals surface area contributed by atoms with Crippen LogP contribution >= 0.6 is 23.2 Å². The Morgan fingerprint density at radius 1 is 1.33 bits per heavy atom. The fourth-order valence-electron chi connectivity index (χ4n) is 2.85. The van der Waals surface area contributed by atoms with E-state index in [0.29, 0.717) is 16.1 Å². The van der Waals surface area contributed by atoms with E-state index in [4.69, 9.17) is 29.0 Å². The second-order valence-electron chi connectivity index (χ2n) is 5.94. The van der Waals surface area contributed by atoms with Gasteiger partial charge in [0.1, 0.15) is 0 Å². The normalized spacial score (nSPS) is 22.4. The molecule has 21 heavy (non-hydrogen) atoms. The first-order valence-electron chi connectivity index (χ1n) is 7.28. The topological polar surface area (TPSA) is 44.5 Å². The summed E-state index contributed by atoms with van der Waals surface area (Å²) in [7, 11) is 4.35. The number of rotatable bonds is 5. The van der Waals surface area contributed by atoms with Gasteiger partial charge in [-0.2, -0.15) is 0 Å². The molecule has 1 heterocycles. The highest BCUT2D eigenvalue weighted by Crippen LogP contribution is 2.23. The molecule has 0 spiro atoms. The summed E-state index contributed by atoms with van der Waals surface area (Å²) in [5.41, 5.74) is 4.02. The summed E-state index contributed by atoms with van der Waals surface area (Å²) in [6.07, 6.45) is 1.80. The highest BCUT2D eigenvalue weighted by atomic mass is 35.5. The smallest absolute Gasteiger partial charge is 0.0453 e. The van der Waals surface area contributed by atoms with E-state index < -0.39 is 0 Å². The van der Waals surface area contributed by atoms with Crippen LogP contribution in [0.4, 0.5) is 0 Å². The number of nitrogens with two attached hydrogens (primary N) is 1. The van der Waals surface area contributed by atoms with Crippen LogP contribution < -0.4 is 11.3 Å². The minimum absolute atomic E-state index is 0.197. The molecule has 1 aliphatic heterocycles. The van der Waals surface area contributed by atoms with Crippen LogP contribution in [0.15, 0.2) is 18.2 Å². The first-order valence-corrected chi connectivity index (χ1v) is 8.04. The number of hydrogen-bond acceptors (Lipinski definition) is 4. The molecule has 3 N–H and O–H groups in total. The molecule has 4 nitrogen and oxygen atoms in total. The number of nitrogens with one attached hydrogen (secondary N) is 1. The van der Waals surface area contributed by atoms with E-state index in [0.717, 1.165) is 38.0 Å². The Balaban J connectivity index is 1.99. The average Bonchev–Trinajstić information content (AvgIpc) is 2.44. The third-order valence-electron chi connectivity index (χ3n) is 4.25. The number of nitrogens with zero attached hydrogens (tertiary/aromatic N) is 2. The van der Waals surface area contributed by atoms with Crippen molar-refractivity contribution < 1.29 is 0 Å². The molecular formula is C15H24Cl2N4. The van der Waals surface area contributed by atoms with Crippen LogP contribution in [0, 0.1) is 0 Å². The van der Waals surface area contributed by atoms with Gasteiger partial charge in [0.15, 0.2) is 0 Å². The minimum atomic E-state index is 0.197. The number of benzene rings is 1. The van der Waals surface area contributed by atoms with E-state index in [1.54, 1.807) is 6.07 Å². The van der Waals surface area contributed by atoms with Crippen molar-refractivity contribution >= 4 is 23.2 Å². The zero-order valence-electron chi connectivity index (χ0n) is 12.6. The fourth-order valence-corrected chi connectivity index (χ4v) is 3.33. The maximum absolute atomic E-state index is 6.25. The number of halogens is 2. The van der Waals surface area contributed by atoms with Crippen LogP contribution in [0.3, 0.4) is 0 Å². The summed E-state index contributed by atoms with van der Waals surface area (Å²) < 4.78 is 0. The predicted molar refractivity (Wildman–Crippen MR) is 89.8 cm³/mol. The van der Waals surface area contributed by atoms with E-state index >= 15 is 0 Å². The molecular weight excluding hydrogens is 307 g/mol. The predicted octanol–water partition coefficient (Wildman–Crippen LogP) is 2.00. The molecule has 0 radical (unpaired) electrons. The first kappa shape index (κ1) is 17.0. The van der Waals surface area contributed by atoms with Gasteiger partial charge in [-0.3, -0.25) is 11.3 Å². The van der Waals surface area contributed by atoms with Gasteiger partial charge in [0.2, 0.25) is 0 Å². The summed E-state index contributed by atoms with van der Waals surface area (Å²) in [6, 6.07) is 6.34. The van der Waals surface area contributed by atoms with Crippen molar-refractivity contribution in [1.29, 1.82) is 0 Å². The Morgan fingerprint density at radius 3 is 2.76 bits per heavy atom. The number of piperazine rings is 1. The number of hydrazine groups is 1. The summed E-state index contributed by atoms with van der Waals surface area (Å²) in [4.78, 5) is 4.78. The third-order valence-corrected chi connectivity index (χ3v) is 4.84. The van der Waals surface area contributed by atoms with Crippen LogP contribution in [0.25, 0.3) is 0 Å². The summed E-state index contributed by atoms with van der Waals surface area (Å²) in [5.74, 6) is 5.75. The van der Waals surface area contributed by atoms with Gasteiger partial charge in [-0.25, -0.2) is 0 Å². The molecule has 0 aromatic heterocycles. The second-order valence-corrected chi connectivity index (χ2v) is 6.78. The Morgan fingerprint density at radius 2 is 2.10 bits per heavy atom. The third kappa shape index (κ3) is 4.81. The molecule has 118 valence electrons. The molecule has 2 rings (SSSR count). The standard InChI is InChI=1S/C15H24Cl2N4/c1-20-5-6-21(2)14(10-20)9-13(19-18)7-11-3-4-12(16)8-15(11)17/h3-4,8,13-14,19H,5-7,9-10,18H2,1-2H3. The van der Waals surface area contributed by atoms with Gasteiger partial charge >= 0.3 is 0 Å². The van der Waals surface area contributed by atoms with Crippen LogP contribution in [-0.4, -0.2) is 55.6 Å². The van der Waals surface area contributed by atoms with E-state index in [2.05, 4.69) is 29.3 Å². The van der Waals surface area contributed by atoms with Gasteiger partial charge in [0.05, 0.1) is 0 Å². The highest BCUT2D eigenvalue weighted by molar-refractivity contribution is 6.35. The molecule has 0 saturated carbocycles. The maximum atomic E-state index is 6.25. The van der Waals surface area contributed by atoms with Crippen LogP contribution in [0.1, 0.15) is 12.0 Å². The molecule has 1 aromatic carbocycles. The first-order chi connectivity index (χ1) is 9.99. The number of likely N-dealkylation sites (N-methyl/N-ethyl adjacent to an activating group) is 2. The second kappa shape index (κ2) is 7.77. The summed E-state index contributed by atoms with van der Waals surface area (Å²) in [6.45, 7) is 3.29. The van der Waals surface area contributed by atoms with Crippen molar-refractivity contribution in [2.45, 2.75) is 24.9 Å². The van der Waals surface area contributed by atoms with E-state index in [1.807, 2.05) is 12.1 Å². The van der Waals surface area contributed by atoms with E-state index in [9.17, 15) is 0 Å². The van der Waals surface area contributed by atoms with E-state index in [1.165, 1.54) is 0 Å². The SMILES string of the molecule is CN1CCN(C)C(CC(Cc2ccc(Cl)cc2Cl)NN)C1. The largest absolute Gasteiger partial charge is 0.304 e. The van der Waals surface area contributed by atoms with Crippen molar-refractivity contribution in [3.8, 4) is 0 Å². The quantitative estimate of drug-likeness (QED) is 0.640. The fraction of sp³-hybridized carbons (Fsp3) is 0.600. The van der Waals surface area contributed by atoms with Crippen molar-refractivity contribution in [2.24, 2.45) is 5.84 Å². The lowest BCUT2D eigenvalue weighted by molar-refractivity contribution is 0.101. The van der Waals surface area contributed by atoms with Crippen LogP contribution in [0.2, 0.25) is 10.0 Å². The minimum Gasteiger partial charge on any atom is -0.304 e. The van der Waals surface area contributed by atoms with Gasteiger partial charge in [0, 0.05) is 41.8 Å². The van der Waals surface area contributed by atoms with Crippen LogP contribution in [0.5, 0.6) is 0 Å². The molecule has 2 atom stereocenters. The van der Waals surface area contributed by atoms with Crippen LogP contribution in [-0.2, 0) is 6.42 Å². The molecule has 0 amide bonds. The average molecular weight is 331 g/mol. The lowest BCUT2D eigenvalue weighted by atomic mass is 9.98. The summed E-state index contributed by atoms with van der Waals surface area (Å²) in [5, 5.41) is 1.37. The zero-order valence-corrected chi connectivity index (χ0v) is 14.2. The molecule has 1 aliphatic rings. The molecule has 0 bridgehead atoms. The van der Waals surface area contributed by atoms with Crippen molar-refractivity contribution in [3.63, 3.8) is 0 Å². The van der Waals surface area contributed by atoms with Gasteiger partial charge in [-0.1, -0.05) is 29.3 Å². The van der Waals surface area contributed by atoms with Crippen molar-refractivity contribution in [1.82, 2.24) is 15.2 Å². The number of hydrogen-bond donors (Lipinski definition) is 2. The van der Waals surface area contributed by atoms with Gasteiger partial charge in [-0.15, -0.1) is 0 Å². The lowest BCUT2D eigenvalue weighted by Crippen LogP contribution is -2.53. The summed E-state index contributed by atoms with van der Waals surface area (Å²) >= 11 is 12.2. The monoisotopic (exact) mass is 330 g/mol. The Bertz CT molecular complexity index is 469. The Labute approximate surface area is 137 Å². The van der Waals surface area contributed by atoms with Gasteiger partial charge in [0.25, 0.3) is 0 Å². The Kier molecular flexibility index (Phi) is 6.29. The maximum Gasteiger partial charge on any atom is 0.0453 e. The molecule has 1 fully saturated rings. The molecule has 1 aromatic rings. The highest BCUT2D eigenvalue weighted by Gasteiger charge is 2.25. The molecule has 6 heteroatoms. The molecule has 1 saturated heterocycles. The van der Waals surface area contributed by atoms with Crippen molar-refractivity contribution in [3.05, 3.63) is 33.8 Å². The van der Waals surface area contributed by atoms with Crippen molar-refractivity contribution in [2.75, 3.05) is 33.7 Å². The van der Waals surface area contributed by atoms with Gasteiger partial charge in [-0.05, 0) is 44.6 Å². The van der Waals surface area contributed by atoms with Gasteiger partial charge < -0.3 is 9.80 Å². The Hall–Kier alpha value is -0.360.